The highest BCUT2D eigenvalue weighted by molar-refractivity contribution is 6.19. The lowest BCUT2D eigenvalue weighted by Gasteiger charge is -2.33. The van der Waals surface area contributed by atoms with Crippen LogP contribution in [0.3, 0.4) is 0 Å². The van der Waals surface area contributed by atoms with Crippen molar-refractivity contribution in [3.8, 4) is 22.4 Å². The zero-order valence-electron chi connectivity index (χ0n) is 23.5. The van der Waals surface area contributed by atoms with Gasteiger partial charge >= 0.3 is 0 Å². The van der Waals surface area contributed by atoms with E-state index in [1.54, 1.807) is 0 Å². The van der Waals surface area contributed by atoms with Crippen molar-refractivity contribution in [3.63, 3.8) is 0 Å². The Balaban J connectivity index is 1.34. The molecule has 0 radical (unpaired) electrons. The maximum atomic E-state index is 6.51. The standard InChI is InChI=1S/C40H23N3O/c1-2-13-26-24(10-1)22-23-29-28-16-7-11-25-12-8-20-34(36(25)28)43(38(26)29)40-41-33-19-5-3-15-31(33)37(42-40)32-18-9-17-30-27-14-4-6-21-35(27)44-39(30)32/h1-23H. The fourth-order valence-corrected chi connectivity index (χ4v) is 7.08. The van der Waals surface area contributed by atoms with Gasteiger partial charge in [-0.3, -0.25) is 4.90 Å². The minimum Gasteiger partial charge on any atom is -0.455 e. The van der Waals surface area contributed by atoms with Gasteiger partial charge in [0.05, 0.1) is 22.6 Å². The van der Waals surface area contributed by atoms with Crippen LogP contribution in [0.4, 0.5) is 17.3 Å². The Hall–Kier alpha value is -6.00. The first-order chi connectivity index (χ1) is 21.8. The molecule has 0 spiro atoms. The first kappa shape index (κ1) is 23.6. The molecule has 0 saturated carbocycles. The largest absolute Gasteiger partial charge is 0.455 e. The molecule has 0 N–H and O–H groups in total. The van der Waals surface area contributed by atoms with Gasteiger partial charge in [0.15, 0.2) is 0 Å². The van der Waals surface area contributed by atoms with Crippen LogP contribution >= 0.6 is 0 Å². The van der Waals surface area contributed by atoms with Crippen LogP contribution in [-0.2, 0) is 0 Å². The second kappa shape index (κ2) is 8.76. The molecule has 0 bridgehead atoms. The molecular formula is C40H23N3O. The van der Waals surface area contributed by atoms with Gasteiger partial charge in [-0.15, -0.1) is 0 Å². The van der Waals surface area contributed by atoms with Gasteiger partial charge in [-0.25, -0.2) is 9.97 Å². The highest BCUT2D eigenvalue weighted by Gasteiger charge is 2.30. The molecule has 0 saturated heterocycles. The lowest BCUT2D eigenvalue weighted by atomic mass is 9.89. The summed E-state index contributed by atoms with van der Waals surface area (Å²) in [6.45, 7) is 0. The van der Waals surface area contributed by atoms with E-state index in [2.05, 4.69) is 120 Å². The molecule has 0 fully saturated rings. The van der Waals surface area contributed by atoms with Gasteiger partial charge in [0.25, 0.3) is 0 Å². The van der Waals surface area contributed by atoms with Crippen LogP contribution in [0.1, 0.15) is 0 Å². The van der Waals surface area contributed by atoms with Gasteiger partial charge in [-0.05, 0) is 40.6 Å². The lowest BCUT2D eigenvalue weighted by Crippen LogP contribution is -2.18. The Labute approximate surface area is 252 Å². The van der Waals surface area contributed by atoms with E-state index in [9.17, 15) is 0 Å². The van der Waals surface area contributed by atoms with Gasteiger partial charge in [-0.1, -0.05) is 115 Å². The molecule has 0 atom stereocenters. The SMILES string of the molecule is c1ccc2c3c(ccc2c1)-c1cccc2cccc(c12)N3c1nc(-c2cccc3c2oc2ccccc23)c2ccccc2n1. The van der Waals surface area contributed by atoms with E-state index in [1.807, 2.05) is 24.3 Å². The topological polar surface area (TPSA) is 42.2 Å². The zero-order chi connectivity index (χ0) is 28.8. The summed E-state index contributed by atoms with van der Waals surface area (Å²) >= 11 is 0. The molecule has 204 valence electrons. The Morgan fingerprint density at radius 1 is 0.477 bits per heavy atom. The van der Waals surface area contributed by atoms with Crippen molar-refractivity contribution in [1.29, 1.82) is 0 Å². The summed E-state index contributed by atoms with van der Waals surface area (Å²) in [4.78, 5) is 13.0. The molecule has 10 rings (SSSR count). The molecule has 0 unspecified atom stereocenters. The molecule has 7 aromatic carbocycles. The van der Waals surface area contributed by atoms with E-state index in [4.69, 9.17) is 14.4 Å². The molecule has 2 aromatic heterocycles. The van der Waals surface area contributed by atoms with Gasteiger partial charge in [0.1, 0.15) is 11.2 Å². The van der Waals surface area contributed by atoms with Crippen molar-refractivity contribution >= 4 is 71.7 Å². The predicted octanol–water partition coefficient (Wildman–Crippen LogP) is 11.0. The summed E-state index contributed by atoms with van der Waals surface area (Å²) < 4.78 is 6.51. The number of nitrogens with zero attached hydrogens (tertiary/aromatic N) is 3. The third-order valence-corrected chi connectivity index (χ3v) is 8.99. The number of hydrogen-bond acceptors (Lipinski definition) is 4. The van der Waals surface area contributed by atoms with Crippen molar-refractivity contribution in [2.24, 2.45) is 0 Å². The molecule has 3 heterocycles. The smallest absolute Gasteiger partial charge is 0.235 e. The molecule has 4 heteroatoms. The first-order valence-electron chi connectivity index (χ1n) is 14.8. The third kappa shape index (κ3) is 3.17. The summed E-state index contributed by atoms with van der Waals surface area (Å²) in [6, 6.07) is 48.9. The van der Waals surface area contributed by atoms with E-state index in [0.717, 1.165) is 60.9 Å². The van der Waals surface area contributed by atoms with E-state index in [0.29, 0.717) is 5.95 Å². The highest BCUT2D eigenvalue weighted by atomic mass is 16.3. The number of fused-ring (bicyclic) bond motifs is 8. The van der Waals surface area contributed by atoms with Gasteiger partial charge in [-0.2, -0.15) is 0 Å². The number of aromatic nitrogens is 2. The van der Waals surface area contributed by atoms with E-state index in [1.165, 1.54) is 27.3 Å². The minimum absolute atomic E-state index is 0.631. The summed E-state index contributed by atoms with van der Waals surface area (Å²) in [7, 11) is 0. The Morgan fingerprint density at radius 3 is 2.11 bits per heavy atom. The van der Waals surface area contributed by atoms with Gasteiger partial charge < -0.3 is 4.42 Å². The Kier molecular flexibility index (Phi) is 4.69. The minimum atomic E-state index is 0.631. The maximum absolute atomic E-state index is 6.51. The number of para-hydroxylation sites is 3. The number of furan rings is 1. The fraction of sp³-hybridized carbons (Fsp3) is 0. The van der Waals surface area contributed by atoms with Crippen LogP contribution in [0.25, 0.3) is 76.8 Å². The van der Waals surface area contributed by atoms with Gasteiger partial charge in [0, 0.05) is 38.1 Å². The van der Waals surface area contributed by atoms with Crippen LogP contribution < -0.4 is 4.90 Å². The second-order valence-corrected chi connectivity index (χ2v) is 11.4. The number of benzene rings is 7. The Bertz CT molecular complexity index is 2630. The Morgan fingerprint density at radius 2 is 1.18 bits per heavy atom. The lowest BCUT2D eigenvalue weighted by molar-refractivity contribution is 0.670. The number of anilines is 3. The third-order valence-electron chi connectivity index (χ3n) is 8.99. The van der Waals surface area contributed by atoms with Crippen molar-refractivity contribution in [1.82, 2.24) is 9.97 Å². The van der Waals surface area contributed by atoms with Crippen molar-refractivity contribution < 1.29 is 4.42 Å². The van der Waals surface area contributed by atoms with Crippen molar-refractivity contribution in [2.45, 2.75) is 0 Å². The van der Waals surface area contributed by atoms with Crippen LogP contribution in [0.15, 0.2) is 144 Å². The number of hydrogen-bond donors (Lipinski definition) is 0. The summed E-state index contributed by atoms with van der Waals surface area (Å²) in [6.07, 6.45) is 0. The van der Waals surface area contributed by atoms with Crippen molar-refractivity contribution in [2.75, 3.05) is 4.90 Å². The normalized spacial score (nSPS) is 12.5. The second-order valence-electron chi connectivity index (χ2n) is 11.4. The molecule has 4 nitrogen and oxygen atoms in total. The average Bonchev–Trinajstić information content (AvgIpc) is 3.47. The van der Waals surface area contributed by atoms with Crippen LogP contribution in [0.5, 0.6) is 0 Å². The first-order valence-corrected chi connectivity index (χ1v) is 14.8. The zero-order valence-corrected chi connectivity index (χ0v) is 23.5. The molecule has 0 aliphatic carbocycles. The maximum Gasteiger partial charge on any atom is 0.235 e. The van der Waals surface area contributed by atoms with Gasteiger partial charge in [0.2, 0.25) is 5.95 Å². The molecular weight excluding hydrogens is 538 g/mol. The monoisotopic (exact) mass is 561 g/mol. The summed E-state index contributed by atoms with van der Waals surface area (Å²) in [5.41, 5.74) is 8.95. The van der Waals surface area contributed by atoms with Crippen LogP contribution in [-0.4, -0.2) is 9.97 Å². The quantitative estimate of drug-likeness (QED) is 0.211. The van der Waals surface area contributed by atoms with E-state index in [-0.39, 0.29) is 0 Å². The molecule has 9 aromatic rings. The summed E-state index contributed by atoms with van der Waals surface area (Å²) in [5, 5.41) is 7.90. The highest BCUT2D eigenvalue weighted by Crippen LogP contribution is 2.53. The van der Waals surface area contributed by atoms with E-state index < -0.39 is 0 Å². The molecule has 44 heavy (non-hydrogen) atoms. The van der Waals surface area contributed by atoms with Crippen LogP contribution in [0, 0.1) is 0 Å². The van der Waals surface area contributed by atoms with Crippen LogP contribution in [0.2, 0.25) is 0 Å². The molecule has 0 amide bonds. The number of rotatable bonds is 2. The predicted molar refractivity (Wildman–Crippen MR) is 181 cm³/mol. The van der Waals surface area contributed by atoms with Crippen molar-refractivity contribution in [3.05, 3.63) is 140 Å². The average molecular weight is 562 g/mol. The summed E-state index contributed by atoms with van der Waals surface area (Å²) in [5.74, 6) is 0.631. The molecule has 1 aliphatic rings. The fourth-order valence-electron chi connectivity index (χ4n) is 7.08. The molecule has 1 aliphatic heterocycles. The van der Waals surface area contributed by atoms with E-state index >= 15 is 0 Å².